The average molecular weight is 293 g/mol. The fraction of sp³-hybridized carbons (Fsp3) is 0.250. The number of fused-ring (bicyclic) bond motifs is 1. The number of aryl methyl sites for hydroxylation is 1. The van der Waals surface area contributed by atoms with Gasteiger partial charge in [-0.15, -0.1) is 0 Å². The van der Waals surface area contributed by atoms with Crippen LogP contribution in [-0.2, 0) is 6.42 Å². The number of halogens is 3. The highest BCUT2D eigenvalue weighted by atomic mass is 19.2. The lowest BCUT2D eigenvalue weighted by Gasteiger charge is -2.32. The van der Waals surface area contributed by atoms with Crippen molar-refractivity contribution in [1.29, 1.82) is 0 Å². The van der Waals surface area contributed by atoms with Crippen LogP contribution in [-0.4, -0.2) is 6.04 Å². The van der Waals surface area contributed by atoms with Gasteiger partial charge in [-0.25, -0.2) is 13.2 Å². The van der Waals surface area contributed by atoms with Gasteiger partial charge in [0.05, 0.1) is 6.04 Å². The number of ether oxygens (including phenoxy) is 1. The summed E-state index contributed by atoms with van der Waals surface area (Å²) in [7, 11) is 0. The summed E-state index contributed by atoms with van der Waals surface area (Å²) in [5.41, 5.74) is 7.97. The van der Waals surface area contributed by atoms with Crippen LogP contribution in [0.2, 0.25) is 0 Å². The van der Waals surface area contributed by atoms with E-state index in [1.165, 1.54) is 0 Å². The Morgan fingerprint density at radius 3 is 2.52 bits per heavy atom. The third-order valence-electron chi connectivity index (χ3n) is 3.66. The van der Waals surface area contributed by atoms with Crippen molar-refractivity contribution in [2.75, 3.05) is 0 Å². The molecule has 0 unspecified atom stereocenters. The molecule has 0 amide bonds. The molecular formula is C16H14F3NO. The smallest absolute Gasteiger partial charge is 0.161 e. The Balaban J connectivity index is 2.01. The fourth-order valence-electron chi connectivity index (χ4n) is 2.62. The highest BCUT2D eigenvalue weighted by molar-refractivity contribution is 5.41. The second-order valence-electron chi connectivity index (χ2n) is 5.31. The number of rotatable bonds is 1. The third-order valence-corrected chi connectivity index (χ3v) is 3.66. The molecular weight excluding hydrogens is 279 g/mol. The fourth-order valence-corrected chi connectivity index (χ4v) is 2.62. The Kier molecular flexibility index (Phi) is 3.37. The first-order valence-electron chi connectivity index (χ1n) is 6.62. The molecule has 1 aliphatic heterocycles. The van der Waals surface area contributed by atoms with Crippen molar-refractivity contribution in [1.82, 2.24) is 0 Å². The lowest BCUT2D eigenvalue weighted by Crippen LogP contribution is -2.38. The molecule has 3 rings (SSSR count). The Morgan fingerprint density at radius 1 is 1.05 bits per heavy atom. The van der Waals surface area contributed by atoms with E-state index in [1.807, 2.05) is 19.1 Å². The summed E-state index contributed by atoms with van der Waals surface area (Å²) in [5, 5.41) is 0. The van der Waals surface area contributed by atoms with Gasteiger partial charge in [0.1, 0.15) is 17.7 Å². The van der Waals surface area contributed by atoms with E-state index in [0.717, 1.165) is 17.2 Å². The van der Waals surface area contributed by atoms with E-state index in [9.17, 15) is 13.2 Å². The molecule has 2 N–H and O–H groups in total. The number of benzene rings is 2. The van der Waals surface area contributed by atoms with Crippen molar-refractivity contribution in [3.8, 4) is 5.75 Å². The standard InChI is InChI=1S/C16H14F3NO/c1-8-2-3-15-9(4-8)5-14(20)16(21-15)10-6-12(18)13(19)7-11(10)17/h2-4,6-7,14,16H,5,20H2,1H3/t14-,16+/m0/s1. The molecule has 0 spiro atoms. The van der Waals surface area contributed by atoms with Crippen molar-refractivity contribution in [3.05, 3.63) is 64.5 Å². The topological polar surface area (TPSA) is 35.2 Å². The Morgan fingerprint density at radius 2 is 1.76 bits per heavy atom. The zero-order valence-corrected chi connectivity index (χ0v) is 11.4. The normalized spacial score (nSPS) is 20.8. The molecule has 0 bridgehead atoms. The second kappa shape index (κ2) is 5.07. The molecule has 2 nitrogen and oxygen atoms in total. The summed E-state index contributed by atoms with van der Waals surface area (Å²) in [6.45, 7) is 1.95. The van der Waals surface area contributed by atoms with Crippen LogP contribution in [0.4, 0.5) is 13.2 Å². The largest absolute Gasteiger partial charge is 0.484 e. The molecule has 2 aromatic carbocycles. The average Bonchev–Trinajstić information content (AvgIpc) is 2.42. The first-order chi connectivity index (χ1) is 9.95. The van der Waals surface area contributed by atoms with Crippen LogP contribution >= 0.6 is 0 Å². The maximum absolute atomic E-state index is 13.9. The number of hydrogen-bond acceptors (Lipinski definition) is 2. The monoisotopic (exact) mass is 293 g/mol. The van der Waals surface area contributed by atoms with Gasteiger partial charge in [0.25, 0.3) is 0 Å². The molecule has 1 aliphatic rings. The first-order valence-corrected chi connectivity index (χ1v) is 6.62. The molecule has 0 fully saturated rings. The van der Waals surface area contributed by atoms with Crippen molar-refractivity contribution >= 4 is 0 Å². The summed E-state index contributed by atoms with van der Waals surface area (Å²) in [6.07, 6.45) is -0.351. The van der Waals surface area contributed by atoms with Crippen LogP contribution in [0, 0.1) is 24.4 Å². The van der Waals surface area contributed by atoms with Gasteiger partial charge < -0.3 is 10.5 Å². The second-order valence-corrected chi connectivity index (χ2v) is 5.31. The Bertz CT molecular complexity index is 702. The van der Waals surface area contributed by atoms with Crippen LogP contribution in [0.25, 0.3) is 0 Å². The summed E-state index contributed by atoms with van der Waals surface area (Å²) in [6, 6.07) is 6.40. The molecule has 1 heterocycles. The van der Waals surface area contributed by atoms with Crippen LogP contribution in [0.1, 0.15) is 22.8 Å². The summed E-state index contributed by atoms with van der Waals surface area (Å²) < 4.78 is 46.0. The van der Waals surface area contributed by atoms with Crippen molar-refractivity contribution in [3.63, 3.8) is 0 Å². The van der Waals surface area contributed by atoms with E-state index in [1.54, 1.807) is 6.07 Å². The lowest BCUT2D eigenvalue weighted by molar-refractivity contribution is 0.148. The van der Waals surface area contributed by atoms with E-state index >= 15 is 0 Å². The molecule has 0 saturated carbocycles. The molecule has 0 saturated heterocycles. The molecule has 0 aromatic heterocycles. The maximum atomic E-state index is 13.9. The highest BCUT2D eigenvalue weighted by Gasteiger charge is 2.31. The summed E-state index contributed by atoms with van der Waals surface area (Å²) in [4.78, 5) is 0. The van der Waals surface area contributed by atoms with Crippen LogP contribution in [0.5, 0.6) is 5.75 Å². The molecule has 2 aromatic rings. The minimum Gasteiger partial charge on any atom is -0.484 e. The highest BCUT2D eigenvalue weighted by Crippen LogP contribution is 2.36. The lowest BCUT2D eigenvalue weighted by atomic mass is 9.92. The van der Waals surface area contributed by atoms with Gasteiger partial charge >= 0.3 is 0 Å². The van der Waals surface area contributed by atoms with Gasteiger partial charge in [-0.1, -0.05) is 17.7 Å². The maximum Gasteiger partial charge on any atom is 0.161 e. The molecule has 2 atom stereocenters. The van der Waals surface area contributed by atoms with E-state index in [2.05, 4.69) is 0 Å². The molecule has 21 heavy (non-hydrogen) atoms. The van der Waals surface area contributed by atoms with Gasteiger partial charge in [-0.2, -0.15) is 0 Å². The third kappa shape index (κ3) is 2.49. The van der Waals surface area contributed by atoms with Gasteiger partial charge in [-0.3, -0.25) is 0 Å². The van der Waals surface area contributed by atoms with Crippen molar-refractivity contribution in [2.45, 2.75) is 25.5 Å². The molecule has 0 aliphatic carbocycles. The van der Waals surface area contributed by atoms with E-state index in [-0.39, 0.29) is 5.56 Å². The van der Waals surface area contributed by atoms with Crippen molar-refractivity contribution in [2.24, 2.45) is 5.73 Å². The minimum atomic E-state index is -1.23. The van der Waals surface area contributed by atoms with Crippen LogP contribution in [0.3, 0.4) is 0 Å². The quantitative estimate of drug-likeness (QED) is 0.818. The summed E-state index contributed by atoms with van der Waals surface area (Å²) in [5.74, 6) is -2.60. The van der Waals surface area contributed by atoms with E-state index in [0.29, 0.717) is 18.2 Å². The number of nitrogens with two attached hydrogens (primary N) is 1. The first kappa shape index (κ1) is 13.9. The Hall–Kier alpha value is -2.01. The zero-order valence-electron chi connectivity index (χ0n) is 11.4. The van der Waals surface area contributed by atoms with Gasteiger partial charge in [0, 0.05) is 11.6 Å². The number of hydrogen-bond donors (Lipinski definition) is 1. The Labute approximate surface area is 120 Å². The van der Waals surface area contributed by atoms with Crippen molar-refractivity contribution < 1.29 is 17.9 Å². The van der Waals surface area contributed by atoms with E-state index < -0.39 is 29.6 Å². The molecule has 110 valence electrons. The molecule has 0 radical (unpaired) electrons. The van der Waals surface area contributed by atoms with Crippen LogP contribution in [0.15, 0.2) is 30.3 Å². The minimum absolute atomic E-state index is 0.0624. The van der Waals surface area contributed by atoms with Gasteiger partial charge in [0.15, 0.2) is 11.6 Å². The zero-order chi connectivity index (χ0) is 15.1. The predicted molar refractivity (Wildman–Crippen MR) is 72.5 cm³/mol. The summed E-state index contributed by atoms with van der Waals surface area (Å²) >= 11 is 0. The molecule has 5 heteroatoms. The van der Waals surface area contributed by atoms with Gasteiger partial charge in [0.2, 0.25) is 0 Å². The van der Waals surface area contributed by atoms with E-state index in [4.69, 9.17) is 10.5 Å². The van der Waals surface area contributed by atoms with Crippen LogP contribution < -0.4 is 10.5 Å². The van der Waals surface area contributed by atoms with Gasteiger partial charge in [-0.05, 0) is 31.0 Å². The SMILES string of the molecule is Cc1ccc2c(c1)C[C@H](N)[C@@H](c1cc(F)c(F)cc1F)O2. The predicted octanol–water partition coefficient (Wildman–Crippen LogP) is 3.42.